The van der Waals surface area contributed by atoms with E-state index in [0.717, 1.165) is 13.1 Å². The van der Waals surface area contributed by atoms with Gasteiger partial charge in [0.25, 0.3) is 0 Å². The molecule has 2 rings (SSSR count). The first-order valence-corrected chi connectivity index (χ1v) is 6.74. The highest BCUT2D eigenvalue weighted by Crippen LogP contribution is 2.22. The van der Waals surface area contributed by atoms with Crippen LogP contribution >= 0.6 is 0 Å². The maximum absolute atomic E-state index is 2.49. The van der Waals surface area contributed by atoms with Gasteiger partial charge in [0.1, 0.15) is 0 Å². The van der Waals surface area contributed by atoms with Crippen molar-refractivity contribution in [2.24, 2.45) is 0 Å². The molecule has 1 fully saturated rings. The van der Waals surface area contributed by atoms with Crippen LogP contribution in [0.25, 0.3) is 0 Å². The van der Waals surface area contributed by atoms with Crippen LogP contribution in [0, 0.1) is 0 Å². The van der Waals surface area contributed by atoms with Crippen molar-refractivity contribution in [1.29, 1.82) is 0 Å². The molecule has 0 radical (unpaired) electrons. The smallest absolute Gasteiger partial charge is 0.0367 e. The summed E-state index contributed by atoms with van der Waals surface area (Å²) in [7, 11) is 2.20. The van der Waals surface area contributed by atoms with Crippen LogP contribution in [0.15, 0.2) is 24.3 Å². The number of anilines is 1. The molecule has 0 aromatic heterocycles. The van der Waals surface area contributed by atoms with Gasteiger partial charge in [0.2, 0.25) is 0 Å². The van der Waals surface area contributed by atoms with E-state index < -0.39 is 0 Å². The van der Waals surface area contributed by atoms with Crippen LogP contribution in [0.2, 0.25) is 0 Å². The normalized spacial score (nSPS) is 19.4. The predicted molar refractivity (Wildman–Crippen MR) is 74.9 cm³/mol. The van der Waals surface area contributed by atoms with Gasteiger partial charge in [-0.25, -0.2) is 0 Å². The fraction of sp³-hybridized carbons (Fsp3) is 0.600. The van der Waals surface area contributed by atoms with Gasteiger partial charge >= 0.3 is 0 Å². The molecule has 1 heterocycles. The number of hydrogen-bond donors (Lipinski definition) is 0. The summed E-state index contributed by atoms with van der Waals surface area (Å²) in [4.78, 5) is 4.88. The third kappa shape index (κ3) is 3.01. The Bertz CT molecular complexity index is 336. The second-order valence-corrected chi connectivity index (χ2v) is 5.19. The maximum atomic E-state index is 2.49. The van der Waals surface area contributed by atoms with Crippen molar-refractivity contribution in [1.82, 2.24) is 4.90 Å². The van der Waals surface area contributed by atoms with Gasteiger partial charge in [-0.15, -0.1) is 0 Å². The van der Waals surface area contributed by atoms with Crippen molar-refractivity contribution in [2.75, 3.05) is 38.1 Å². The molecule has 1 unspecified atom stereocenters. The van der Waals surface area contributed by atoms with E-state index >= 15 is 0 Å². The van der Waals surface area contributed by atoms with Crippen LogP contribution in [-0.4, -0.2) is 38.1 Å². The number of piperazine rings is 1. The number of hydrogen-bond acceptors (Lipinski definition) is 2. The van der Waals surface area contributed by atoms with Crippen LogP contribution in [0.5, 0.6) is 0 Å². The highest BCUT2D eigenvalue weighted by molar-refractivity contribution is 5.48. The highest BCUT2D eigenvalue weighted by Gasteiger charge is 2.14. The Morgan fingerprint density at radius 2 is 1.65 bits per heavy atom. The Hall–Kier alpha value is -1.02. The van der Waals surface area contributed by atoms with Crippen molar-refractivity contribution in [2.45, 2.75) is 26.2 Å². The molecule has 1 saturated heterocycles. The molecule has 17 heavy (non-hydrogen) atoms. The summed E-state index contributed by atoms with van der Waals surface area (Å²) in [6, 6.07) is 9.16. The summed E-state index contributed by atoms with van der Waals surface area (Å²) in [6.45, 7) is 9.20. The predicted octanol–water partition coefficient (Wildman–Crippen LogP) is 2.95. The lowest BCUT2D eigenvalue weighted by atomic mass is 9.98. The SMILES string of the molecule is CCC(C)c1ccc(N2CCN(C)CC2)cc1. The lowest BCUT2D eigenvalue weighted by Crippen LogP contribution is -2.44. The monoisotopic (exact) mass is 232 g/mol. The van der Waals surface area contributed by atoms with Gasteiger partial charge in [0, 0.05) is 31.9 Å². The fourth-order valence-corrected chi connectivity index (χ4v) is 2.31. The van der Waals surface area contributed by atoms with E-state index in [1.807, 2.05) is 0 Å². The summed E-state index contributed by atoms with van der Waals surface area (Å²) >= 11 is 0. The van der Waals surface area contributed by atoms with Gasteiger partial charge in [0.15, 0.2) is 0 Å². The molecule has 1 aliphatic rings. The molecule has 0 N–H and O–H groups in total. The number of benzene rings is 1. The van der Waals surface area contributed by atoms with Crippen molar-refractivity contribution < 1.29 is 0 Å². The first-order valence-electron chi connectivity index (χ1n) is 6.74. The van der Waals surface area contributed by atoms with E-state index in [9.17, 15) is 0 Å². The number of nitrogens with zero attached hydrogens (tertiary/aromatic N) is 2. The van der Waals surface area contributed by atoms with Crippen LogP contribution < -0.4 is 4.90 Å². The molecule has 0 aliphatic carbocycles. The van der Waals surface area contributed by atoms with Gasteiger partial charge in [-0.2, -0.15) is 0 Å². The molecular formula is C15H24N2. The molecule has 1 atom stereocenters. The third-order valence-electron chi connectivity index (χ3n) is 3.94. The summed E-state index contributed by atoms with van der Waals surface area (Å²) in [6.07, 6.45) is 1.22. The molecule has 0 saturated carbocycles. The minimum Gasteiger partial charge on any atom is -0.369 e. The first-order chi connectivity index (χ1) is 8.20. The minimum absolute atomic E-state index is 0.677. The van der Waals surface area contributed by atoms with Crippen LogP contribution in [0.4, 0.5) is 5.69 Å². The maximum Gasteiger partial charge on any atom is 0.0367 e. The Balaban J connectivity index is 2.02. The Morgan fingerprint density at radius 3 is 2.18 bits per heavy atom. The number of likely N-dealkylation sites (N-methyl/N-ethyl adjacent to an activating group) is 1. The van der Waals surface area contributed by atoms with Crippen LogP contribution in [0.1, 0.15) is 31.7 Å². The Labute approximate surface area is 105 Å². The second kappa shape index (κ2) is 5.54. The molecule has 2 heteroatoms. The second-order valence-electron chi connectivity index (χ2n) is 5.19. The van der Waals surface area contributed by atoms with E-state index in [1.165, 1.54) is 30.8 Å². The van der Waals surface area contributed by atoms with Crippen molar-refractivity contribution in [3.05, 3.63) is 29.8 Å². The van der Waals surface area contributed by atoms with Gasteiger partial charge in [0.05, 0.1) is 0 Å². The average molecular weight is 232 g/mol. The van der Waals surface area contributed by atoms with Crippen molar-refractivity contribution in [3.8, 4) is 0 Å². The third-order valence-corrected chi connectivity index (χ3v) is 3.94. The van der Waals surface area contributed by atoms with Gasteiger partial charge < -0.3 is 9.80 Å². The summed E-state index contributed by atoms with van der Waals surface area (Å²) < 4.78 is 0. The molecule has 0 amide bonds. The number of rotatable bonds is 3. The summed E-state index contributed by atoms with van der Waals surface area (Å²) in [5.74, 6) is 0.677. The first kappa shape index (κ1) is 12.4. The van der Waals surface area contributed by atoms with E-state index in [0.29, 0.717) is 5.92 Å². The fourth-order valence-electron chi connectivity index (χ4n) is 2.31. The lowest BCUT2D eigenvalue weighted by molar-refractivity contribution is 0.313. The van der Waals surface area contributed by atoms with E-state index in [4.69, 9.17) is 0 Å². The molecule has 2 nitrogen and oxygen atoms in total. The topological polar surface area (TPSA) is 6.48 Å². The largest absolute Gasteiger partial charge is 0.369 e. The lowest BCUT2D eigenvalue weighted by Gasteiger charge is -2.34. The molecular weight excluding hydrogens is 208 g/mol. The molecule has 1 aliphatic heterocycles. The summed E-state index contributed by atoms with van der Waals surface area (Å²) in [5.41, 5.74) is 2.84. The van der Waals surface area contributed by atoms with Gasteiger partial charge in [-0.05, 0) is 37.1 Å². The van der Waals surface area contributed by atoms with E-state index in [1.54, 1.807) is 0 Å². The van der Waals surface area contributed by atoms with Crippen LogP contribution in [-0.2, 0) is 0 Å². The van der Waals surface area contributed by atoms with Gasteiger partial charge in [-0.3, -0.25) is 0 Å². The van der Waals surface area contributed by atoms with Crippen LogP contribution in [0.3, 0.4) is 0 Å². The van der Waals surface area contributed by atoms with Crippen molar-refractivity contribution in [3.63, 3.8) is 0 Å². The minimum atomic E-state index is 0.677. The highest BCUT2D eigenvalue weighted by atomic mass is 15.2. The standard InChI is InChI=1S/C15H24N2/c1-4-13(2)14-5-7-15(8-6-14)17-11-9-16(3)10-12-17/h5-8,13H,4,9-12H2,1-3H3. The molecule has 1 aromatic carbocycles. The molecule has 94 valence electrons. The quantitative estimate of drug-likeness (QED) is 0.790. The zero-order valence-electron chi connectivity index (χ0n) is 11.3. The molecule has 0 spiro atoms. The zero-order chi connectivity index (χ0) is 12.3. The average Bonchev–Trinajstić information content (AvgIpc) is 2.39. The summed E-state index contributed by atoms with van der Waals surface area (Å²) in [5, 5.41) is 0. The van der Waals surface area contributed by atoms with E-state index in [2.05, 4.69) is 55.0 Å². The van der Waals surface area contributed by atoms with Gasteiger partial charge in [-0.1, -0.05) is 26.0 Å². The van der Waals surface area contributed by atoms with Crippen molar-refractivity contribution >= 4 is 5.69 Å². The molecule has 1 aromatic rings. The Kier molecular flexibility index (Phi) is 4.06. The van der Waals surface area contributed by atoms with E-state index in [-0.39, 0.29) is 0 Å². The Morgan fingerprint density at radius 1 is 1.06 bits per heavy atom. The zero-order valence-corrected chi connectivity index (χ0v) is 11.3. The molecule has 0 bridgehead atoms.